The lowest BCUT2D eigenvalue weighted by Gasteiger charge is -2.11. The van der Waals surface area contributed by atoms with Crippen molar-refractivity contribution >= 4 is 16.7 Å². The Bertz CT molecular complexity index is 448. The van der Waals surface area contributed by atoms with Crippen molar-refractivity contribution in [3.63, 3.8) is 0 Å². The van der Waals surface area contributed by atoms with E-state index in [1.807, 2.05) is 37.2 Å². The van der Waals surface area contributed by atoms with Gasteiger partial charge in [-0.1, -0.05) is 0 Å². The summed E-state index contributed by atoms with van der Waals surface area (Å²) in [6.07, 6.45) is 0. The number of anilines is 1. The molecule has 1 aromatic heterocycles. The van der Waals surface area contributed by atoms with Crippen LogP contribution in [0, 0.1) is 0 Å². The van der Waals surface area contributed by atoms with Crippen molar-refractivity contribution in [2.24, 2.45) is 0 Å². The van der Waals surface area contributed by atoms with Crippen molar-refractivity contribution < 1.29 is 5.11 Å². The highest BCUT2D eigenvalue weighted by Gasteiger charge is 2.03. The van der Waals surface area contributed by atoms with Crippen LogP contribution in [0.5, 0.6) is 0 Å². The Balaban J connectivity index is 2.54. The summed E-state index contributed by atoms with van der Waals surface area (Å²) in [6, 6.07) is 5.96. The molecule has 2 aromatic rings. The van der Waals surface area contributed by atoms with Crippen LogP contribution in [0.1, 0.15) is 5.82 Å². The first kappa shape index (κ1) is 9.02. The maximum atomic E-state index is 8.91. The van der Waals surface area contributed by atoms with Crippen molar-refractivity contribution in [3.8, 4) is 0 Å². The number of rotatable bonds is 2. The summed E-state index contributed by atoms with van der Waals surface area (Å²) >= 11 is 0. The molecule has 0 amide bonds. The normalized spacial score (nSPS) is 10.8. The molecule has 4 heteroatoms. The molecule has 74 valence electrons. The number of fused-ring (bicyclic) bond motifs is 1. The van der Waals surface area contributed by atoms with E-state index in [4.69, 9.17) is 5.11 Å². The van der Waals surface area contributed by atoms with Gasteiger partial charge in [-0.25, -0.2) is 4.98 Å². The highest BCUT2D eigenvalue weighted by atomic mass is 16.3. The van der Waals surface area contributed by atoms with E-state index >= 15 is 0 Å². The van der Waals surface area contributed by atoms with Gasteiger partial charge in [0.05, 0.1) is 11.0 Å². The Kier molecular flexibility index (Phi) is 2.13. The summed E-state index contributed by atoms with van der Waals surface area (Å²) in [5.41, 5.74) is 2.96. The van der Waals surface area contributed by atoms with Gasteiger partial charge in [-0.3, -0.25) is 0 Å². The number of hydrogen-bond acceptors (Lipinski definition) is 3. The molecule has 4 nitrogen and oxygen atoms in total. The van der Waals surface area contributed by atoms with E-state index in [2.05, 4.69) is 9.97 Å². The molecule has 0 atom stereocenters. The number of aromatic amines is 1. The second-order valence-corrected chi connectivity index (χ2v) is 3.44. The SMILES string of the molecule is CN(C)c1ccc2nc(CO)[nH]c2c1. The van der Waals surface area contributed by atoms with Gasteiger partial charge in [0.15, 0.2) is 0 Å². The molecule has 0 aliphatic heterocycles. The first-order valence-corrected chi connectivity index (χ1v) is 4.47. The molecule has 0 bridgehead atoms. The van der Waals surface area contributed by atoms with Crippen LogP contribution in [0.25, 0.3) is 11.0 Å². The minimum atomic E-state index is -0.0496. The monoisotopic (exact) mass is 191 g/mol. The smallest absolute Gasteiger partial charge is 0.133 e. The second-order valence-electron chi connectivity index (χ2n) is 3.44. The van der Waals surface area contributed by atoms with Crippen LogP contribution in [0.2, 0.25) is 0 Å². The van der Waals surface area contributed by atoms with Gasteiger partial charge in [-0.2, -0.15) is 0 Å². The number of imidazole rings is 1. The second kappa shape index (κ2) is 3.31. The Morgan fingerprint density at radius 2 is 2.21 bits per heavy atom. The third kappa shape index (κ3) is 1.44. The molecule has 0 saturated carbocycles. The highest BCUT2D eigenvalue weighted by molar-refractivity contribution is 5.79. The quantitative estimate of drug-likeness (QED) is 0.748. The first-order valence-electron chi connectivity index (χ1n) is 4.47. The Morgan fingerprint density at radius 3 is 2.86 bits per heavy atom. The number of aliphatic hydroxyl groups is 1. The lowest BCUT2D eigenvalue weighted by molar-refractivity contribution is 0.273. The summed E-state index contributed by atoms with van der Waals surface area (Å²) in [7, 11) is 3.98. The van der Waals surface area contributed by atoms with Crippen molar-refractivity contribution in [3.05, 3.63) is 24.0 Å². The molecule has 2 rings (SSSR count). The van der Waals surface area contributed by atoms with Crippen LogP contribution in [-0.4, -0.2) is 29.2 Å². The van der Waals surface area contributed by atoms with Gasteiger partial charge < -0.3 is 15.0 Å². The molecule has 0 aliphatic carbocycles. The molecule has 2 N–H and O–H groups in total. The van der Waals surface area contributed by atoms with E-state index in [0.29, 0.717) is 5.82 Å². The van der Waals surface area contributed by atoms with Crippen molar-refractivity contribution in [1.29, 1.82) is 0 Å². The van der Waals surface area contributed by atoms with Crippen LogP contribution in [0.3, 0.4) is 0 Å². The van der Waals surface area contributed by atoms with Crippen molar-refractivity contribution in [1.82, 2.24) is 9.97 Å². The van der Waals surface area contributed by atoms with Gasteiger partial charge in [0.2, 0.25) is 0 Å². The lowest BCUT2D eigenvalue weighted by Crippen LogP contribution is -2.07. The first-order chi connectivity index (χ1) is 6.70. The summed E-state index contributed by atoms with van der Waals surface area (Å²) < 4.78 is 0. The van der Waals surface area contributed by atoms with Gasteiger partial charge in [0.25, 0.3) is 0 Å². The van der Waals surface area contributed by atoms with E-state index in [9.17, 15) is 0 Å². The molecular formula is C10H13N3O. The predicted octanol–water partition coefficient (Wildman–Crippen LogP) is 1.12. The van der Waals surface area contributed by atoms with E-state index < -0.39 is 0 Å². The van der Waals surface area contributed by atoms with Gasteiger partial charge in [-0.05, 0) is 18.2 Å². The third-order valence-corrected chi connectivity index (χ3v) is 2.18. The number of aromatic nitrogens is 2. The minimum absolute atomic E-state index is 0.0496. The van der Waals surface area contributed by atoms with E-state index in [1.54, 1.807) is 0 Å². The maximum Gasteiger partial charge on any atom is 0.133 e. The highest BCUT2D eigenvalue weighted by Crippen LogP contribution is 2.18. The number of aliphatic hydroxyl groups excluding tert-OH is 1. The molecule has 0 unspecified atom stereocenters. The molecule has 1 heterocycles. The maximum absolute atomic E-state index is 8.91. The average Bonchev–Trinajstić information content (AvgIpc) is 2.58. The largest absolute Gasteiger partial charge is 0.388 e. The Labute approximate surface area is 82.2 Å². The number of benzene rings is 1. The zero-order valence-corrected chi connectivity index (χ0v) is 8.28. The summed E-state index contributed by atoms with van der Waals surface area (Å²) in [6.45, 7) is -0.0496. The average molecular weight is 191 g/mol. The standard InChI is InChI=1S/C10H13N3O/c1-13(2)7-3-4-8-9(5-7)12-10(6-14)11-8/h3-5,14H,6H2,1-2H3,(H,11,12). The van der Waals surface area contributed by atoms with E-state index in [-0.39, 0.29) is 6.61 Å². The van der Waals surface area contributed by atoms with Crippen LogP contribution < -0.4 is 4.90 Å². The zero-order valence-electron chi connectivity index (χ0n) is 8.28. The van der Waals surface area contributed by atoms with Crippen molar-refractivity contribution in [2.45, 2.75) is 6.61 Å². The van der Waals surface area contributed by atoms with Crippen LogP contribution >= 0.6 is 0 Å². The van der Waals surface area contributed by atoms with Crippen LogP contribution in [0.4, 0.5) is 5.69 Å². The minimum Gasteiger partial charge on any atom is -0.388 e. The fourth-order valence-corrected chi connectivity index (χ4v) is 1.40. The molecule has 0 fully saturated rings. The summed E-state index contributed by atoms with van der Waals surface area (Å²) in [4.78, 5) is 9.29. The third-order valence-electron chi connectivity index (χ3n) is 2.18. The van der Waals surface area contributed by atoms with Gasteiger partial charge in [-0.15, -0.1) is 0 Å². The van der Waals surface area contributed by atoms with Crippen LogP contribution in [0.15, 0.2) is 18.2 Å². The number of nitrogens with zero attached hydrogens (tertiary/aromatic N) is 2. The van der Waals surface area contributed by atoms with E-state index in [0.717, 1.165) is 16.7 Å². The van der Waals surface area contributed by atoms with Crippen LogP contribution in [-0.2, 0) is 6.61 Å². The molecular weight excluding hydrogens is 178 g/mol. The predicted molar refractivity (Wildman–Crippen MR) is 56.3 cm³/mol. The van der Waals surface area contributed by atoms with Gasteiger partial charge in [0, 0.05) is 19.8 Å². The van der Waals surface area contributed by atoms with Gasteiger partial charge in [0.1, 0.15) is 12.4 Å². The molecule has 14 heavy (non-hydrogen) atoms. The zero-order chi connectivity index (χ0) is 10.1. The summed E-state index contributed by atoms with van der Waals surface area (Å²) in [5, 5.41) is 8.91. The molecule has 0 spiro atoms. The number of H-pyrrole nitrogens is 1. The molecule has 0 aliphatic rings. The number of nitrogens with one attached hydrogen (secondary N) is 1. The lowest BCUT2D eigenvalue weighted by atomic mass is 10.2. The fraction of sp³-hybridized carbons (Fsp3) is 0.300. The molecule has 0 radical (unpaired) electrons. The topological polar surface area (TPSA) is 52.1 Å². The fourth-order valence-electron chi connectivity index (χ4n) is 1.40. The molecule has 1 aromatic carbocycles. The Morgan fingerprint density at radius 1 is 1.43 bits per heavy atom. The Hall–Kier alpha value is -1.55. The van der Waals surface area contributed by atoms with Gasteiger partial charge >= 0.3 is 0 Å². The summed E-state index contributed by atoms with van der Waals surface area (Å²) in [5.74, 6) is 0.607. The van der Waals surface area contributed by atoms with Crippen molar-refractivity contribution in [2.75, 3.05) is 19.0 Å². The molecule has 0 saturated heterocycles. The number of hydrogen-bond donors (Lipinski definition) is 2. The van der Waals surface area contributed by atoms with E-state index in [1.165, 1.54) is 0 Å².